The molecule has 0 aliphatic heterocycles. The highest BCUT2D eigenvalue weighted by Gasteiger charge is 2.12. The molecule has 0 unspecified atom stereocenters. The molecule has 106 valence electrons. The van der Waals surface area contributed by atoms with Crippen LogP contribution in [-0.2, 0) is 10.0 Å². The molecule has 0 atom stereocenters. The molecule has 0 spiro atoms. The number of halogens is 1. The van der Waals surface area contributed by atoms with Gasteiger partial charge in [0.05, 0.1) is 18.9 Å². The lowest BCUT2D eigenvalue weighted by molar-refractivity contribution is 0.0950. The van der Waals surface area contributed by atoms with Gasteiger partial charge in [-0.05, 0) is 12.1 Å². The lowest BCUT2D eigenvalue weighted by atomic mass is 10.2. The van der Waals surface area contributed by atoms with Crippen molar-refractivity contribution in [2.75, 3.05) is 26.5 Å². The van der Waals surface area contributed by atoms with Crippen LogP contribution in [0.5, 0.6) is 5.75 Å². The van der Waals surface area contributed by atoms with Gasteiger partial charge in [-0.2, -0.15) is 0 Å². The van der Waals surface area contributed by atoms with Crippen LogP contribution in [-0.4, -0.2) is 40.8 Å². The summed E-state index contributed by atoms with van der Waals surface area (Å²) in [6, 6.07) is 3.86. The average Bonchev–Trinajstić information content (AvgIpc) is 2.33. The Morgan fingerprint density at radius 3 is 2.58 bits per heavy atom. The molecule has 0 saturated carbocycles. The number of hydrogen-bond acceptors (Lipinski definition) is 4. The van der Waals surface area contributed by atoms with E-state index in [1.807, 2.05) is 0 Å². The van der Waals surface area contributed by atoms with Gasteiger partial charge in [-0.3, -0.25) is 4.79 Å². The van der Waals surface area contributed by atoms with Crippen molar-refractivity contribution < 1.29 is 22.3 Å². The van der Waals surface area contributed by atoms with Crippen LogP contribution < -0.4 is 14.8 Å². The van der Waals surface area contributed by atoms with Gasteiger partial charge < -0.3 is 10.1 Å². The van der Waals surface area contributed by atoms with E-state index in [1.54, 1.807) is 0 Å². The van der Waals surface area contributed by atoms with Gasteiger partial charge in [-0.1, -0.05) is 0 Å². The van der Waals surface area contributed by atoms with Crippen LogP contribution in [0.15, 0.2) is 18.2 Å². The molecule has 1 rings (SSSR count). The summed E-state index contributed by atoms with van der Waals surface area (Å²) in [5, 5.41) is 2.40. The van der Waals surface area contributed by atoms with E-state index in [2.05, 4.69) is 10.0 Å². The second kappa shape index (κ2) is 6.48. The van der Waals surface area contributed by atoms with Crippen molar-refractivity contribution in [2.24, 2.45) is 0 Å². The summed E-state index contributed by atoms with van der Waals surface area (Å²) in [5.74, 6) is -1.00. The largest absolute Gasteiger partial charge is 0.497 e. The highest BCUT2D eigenvalue weighted by atomic mass is 32.2. The minimum Gasteiger partial charge on any atom is -0.497 e. The van der Waals surface area contributed by atoms with Gasteiger partial charge in [-0.25, -0.2) is 17.5 Å². The van der Waals surface area contributed by atoms with Crippen LogP contribution >= 0.6 is 0 Å². The zero-order valence-corrected chi connectivity index (χ0v) is 11.4. The second-order valence-electron chi connectivity index (χ2n) is 3.77. The molecule has 0 heterocycles. The molecule has 0 radical (unpaired) electrons. The minimum atomic E-state index is -3.30. The van der Waals surface area contributed by atoms with Gasteiger partial charge in [-0.15, -0.1) is 0 Å². The van der Waals surface area contributed by atoms with E-state index in [1.165, 1.54) is 19.2 Å². The first kappa shape index (κ1) is 15.4. The van der Waals surface area contributed by atoms with Crippen LogP contribution in [0.1, 0.15) is 10.4 Å². The highest BCUT2D eigenvalue weighted by molar-refractivity contribution is 7.88. The van der Waals surface area contributed by atoms with Gasteiger partial charge in [0.15, 0.2) is 0 Å². The zero-order valence-electron chi connectivity index (χ0n) is 10.6. The highest BCUT2D eigenvalue weighted by Crippen LogP contribution is 2.15. The summed E-state index contributed by atoms with van der Waals surface area (Å²) in [7, 11) is -1.90. The fourth-order valence-electron chi connectivity index (χ4n) is 1.31. The zero-order chi connectivity index (χ0) is 14.5. The Kier molecular flexibility index (Phi) is 5.25. The predicted octanol–water partition coefficient (Wildman–Crippen LogP) is 0.113. The first-order valence-corrected chi connectivity index (χ1v) is 7.29. The standard InChI is InChI=1S/C11H15FN2O4S/c1-18-8-3-4-9(10(12)7-8)11(15)13-5-6-14-19(2,16)17/h3-4,7,14H,5-6H2,1-2H3,(H,13,15). The molecule has 0 aromatic heterocycles. The van der Waals surface area contributed by atoms with Gasteiger partial charge >= 0.3 is 0 Å². The average molecular weight is 290 g/mol. The summed E-state index contributed by atoms with van der Waals surface area (Å²) >= 11 is 0. The summed E-state index contributed by atoms with van der Waals surface area (Å²) in [5.41, 5.74) is -0.125. The van der Waals surface area contributed by atoms with Crippen molar-refractivity contribution in [3.63, 3.8) is 0 Å². The third-order valence-corrected chi connectivity index (χ3v) is 2.92. The van der Waals surface area contributed by atoms with E-state index >= 15 is 0 Å². The van der Waals surface area contributed by atoms with Gasteiger partial charge in [0.25, 0.3) is 5.91 Å². The molecule has 0 fully saturated rings. The summed E-state index contributed by atoms with van der Waals surface area (Å²) in [6.45, 7) is 0.111. The molecule has 8 heteroatoms. The van der Waals surface area contributed by atoms with Crippen LogP contribution in [0.25, 0.3) is 0 Å². The molecule has 1 aromatic rings. The molecular weight excluding hydrogens is 275 g/mol. The van der Waals surface area contributed by atoms with Crippen molar-refractivity contribution in [1.29, 1.82) is 0 Å². The topological polar surface area (TPSA) is 84.5 Å². The Labute approximate surface area is 111 Å². The van der Waals surface area contributed by atoms with Gasteiger partial charge in [0.2, 0.25) is 10.0 Å². The number of amides is 1. The molecule has 0 aliphatic carbocycles. The maximum atomic E-state index is 13.5. The van der Waals surface area contributed by atoms with Gasteiger partial charge in [0, 0.05) is 19.2 Å². The van der Waals surface area contributed by atoms with E-state index in [0.29, 0.717) is 5.75 Å². The summed E-state index contributed by atoms with van der Waals surface area (Å²) in [4.78, 5) is 11.6. The van der Waals surface area contributed by atoms with E-state index in [-0.39, 0.29) is 18.7 Å². The van der Waals surface area contributed by atoms with Crippen molar-refractivity contribution >= 4 is 15.9 Å². The molecular formula is C11H15FN2O4S. The lowest BCUT2D eigenvalue weighted by Gasteiger charge is -2.07. The fraction of sp³-hybridized carbons (Fsp3) is 0.364. The maximum Gasteiger partial charge on any atom is 0.254 e. The van der Waals surface area contributed by atoms with Gasteiger partial charge in [0.1, 0.15) is 11.6 Å². The molecule has 1 aromatic carbocycles. The SMILES string of the molecule is COc1ccc(C(=O)NCCNS(C)(=O)=O)c(F)c1. The van der Waals surface area contributed by atoms with E-state index in [9.17, 15) is 17.6 Å². The number of hydrogen-bond donors (Lipinski definition) is 2. The Morgan fingerprint density at radius 2 is 2.05 bits per heavy atom. The van der Waals surface area contributed by atoms with Crippen LogP contribution in [0.2, 0.25) is 0 Å². The fourth-order valence-corrected chi connectivity index (χ4v) is 1.79. The Hall–Kier alpha value is -1.67. The predicted molar refractivity (Wildman–Crippen MR) is 68.1 cm³/mol. The first-order chi connectivity index (χ1) is 8.83. The van der Waals surface area contributed by atoms with E-state index < -0.39 is 21.7 Å². The third-order valence-electron chi connectivity index (χ3n) is 2.20. The van der Waals surface area contributed by atoms with Crippen molar-refractivity contribution in [1.82, 2.24) is 10.0 Å². The number of rotatable bonds is 6. The van der Waals surface area contributed by atoms with Crippen LogP contribution in [0.3, 0.4) is 0 Å². The maximum absolute atomic E-state index is 13.5. The van der Waals surface area contributed by atoms with Crippen molar-refractivity contribution in [3.8, 4) is 5.75 Å². The molecule has 0 bridgehead atoms. The van der Waals surface area contributed by atoms with E-state index in [4.69, 9.17) is 4.74 Å². The van der Waals surface area contributed by atoms with Crippen LogP contribution in [0, 0.1) is 5.82 Å². The Bertz CT molecular complexity index is 560. The van der Waals surface area contributed by atoms with Crippen molar-refractivity contribution in [3.05, 3.63) is 29.6 Å². The minimum absolute atomic E-state index is 0.0440. The molecule has 0 saturated heterocycles. The van der Waals surface area contributed by atoms with E-state index in [0.717, 1.165) is 12.3 Å². The number of carbonyl (C=O) groups excluding carboxylic acids is 1. The summed E-state index contributed by atoms with van der Waals surface area (Å²) < 4.78 is 42.1. The third kappa shape index (κ3) is 5.23. The Balaban J connectivity index is 2.54. The molecule has 0 aliphatic rings. The normalized spacial score (nSPS) is 11.1. The monoisotopic (exact) mass is 290 g/mol. The number of sulfonamides is 1. The van der Waals surface area contributed by atoms with Crippen LogP contribution in [0.4, 0.5) is 4.39 Å². The smallest absolute Gasteiger partial charge is 0.254 e. The molecule has 2 N–H and O–H groups in total. The second-order valence-corrected chi connectivity index (χ2v) is 5.60. The Morgan fingerprint density at radius 1 is 1.37 bits per heavy atom. The number of ether oxygens (including phenoxy) is 1. The first-order valence-electron chi connectivity index (χ1n) is 5.40. The van der Waals surface area contributed by atoms with Crippen molar-refractivity contribution in [2.45, 2.75) is 0 Å². The number of methoxy groups -OCH3 is 1. The number of nitrogens with one attached hydrogen (secondary N) is 2. The molecule has 1 amide bonds. The molecule has 19 heavy (non-hydrogen) atoms. The number of benzene rings is 1. The quantitative estimate of drug-likeness (QED) is 0.729. The number of carbonyl (C=O) groups is 1. The lowest BCUT2D eigenvalue weighted by Crippen LogP contribution is -2.34. The summed E-state index contributed by atoms with van der Waals surface area (Å²) in [6.07, 6.45) is 1.01. The molecule has 6 nitrogen and oxygen atoms in total.